The lowest BCUT2D eigenvalue weighted by atomic mass is 9.77. The van der Waals surface area contributed by atoms with E-state index < -0.39 is 0 Å². The zero-order valence-corrected chi connectivity index (χ0v) is 8.20. The van der Waals surface area contributed by atoms with Crippen molar-refractivity contribution in [3.63, 3.8) is 0 Å². The van der Waals surface area contributed by atoms with Crippen molar-refractivity contribution in [2.45, 2.75) is 25.7 Å². The van der Waals surface area contributed by atoms with Crippen LogP contribution in [0.15, 0.2) is 35.5 Å². The largest absolute Gasteiger partial charge is 0.300 e. The molecule has 0 amide bonds. The summed E-state index contributed by atoms with van der Waals surface area (Å²) in [5, 5.41) is 0. The fraction of sp³-hybridized carbons (Fsp3) is 0.462. The molecule has 0 aromatic carbocycles. The highest BCUT2D eigenvalue weighted by Gasteiger charge is 2.36. The quantitative estimate of drug-likeness (QED) is 0.568. The summed E-state index contributed by atoms with van der Waals surface area (Å²) < 4.78 is 0. The Labute approximate surface area is 84.2 Å². The van der Waals surface area contributed by atoms with E-state index in [1.54, 1.807) is 0 Å². The summed E-state index contributed by atoms with van der Waals surface area (Å²) in [7, 11) is 0. The summed E-state index contributed by atoms with van der Waals surface area (Å²) in [6.07, 6.45) is 12.6. The van der Waals surface area contributed by atoms with Crippen molar-refractivity contribution in [2.75, 3.05) is 0 Å². The van der Waals surface area contributed by atoms with Gasteiger partial charge in [0.2, 0.25) is 0 Å². The molecule has 2 unspecified atom stereocenters. The molecule has 1 saturated carbocycles. The van der Waals surface area contributed by atoms with E-state index in [0.717, 1.165) is 25.7 Å². The van der Waals surface area contributed by atoms with Crippen LogP contribution in [0, 0.1) is 11.8 Å². The monoisotopic (exact) mass is 186 g/mol. The number of allylic oxidation sites excluding steroid dienone is 6. The normalized spacial score (nSPS) is 34.7. The van der Waals surface area contributed by atoms with Gasteiger partial charge in [0.15, 0.2) is 0 Å². The van der Waals surface area contributed by atoms with Crippen LogP contribution in [0.2, 0.25) is 0 Å². The minimum Gasteiger partial charge on any atom is -0.300 e. The van der Waals surface area contributed by atoms with Crippen molar-refractivity contribution in [1.29, 1.82) is 0 Å². The topological polar surface area (TPSA) is 17.1 Å². The number of rotatable bonds is 0. The summed E-state index contributed by atoms with van der Waals surface area (Å²) in [6.45, 7) is 0. The van der Waals surface area contributed by atoms with Crippen molar-refractivity contribution in [2.24, 2.45) is 11.8 Å². The Morgan fingerprint density at radius 3 is 3.07 bits per heavy atom. The molecule has 0 radical (unpaired) electrons. The average Bonchev–Trinajstić information content (AvgIpc) is 2.56. The molecule has 3 rings (SSSR count). The first-order chi connectivity index (χ1) is 6.84. The zero-order chi connectivity index (χ0) is 9.54. The maximum Gasteiger partial charge on any atom is 0.133 e. The first kappa shape index (κ1) is 8.22. The zero-order valence-electron chi connectivity index (χ0n) is 8.20. The number of Topliss-reactive ketones (excluding diaryl/α,β-unsaturated/α-hetero) is 1. The van der Waals surface area contributed by atoms with Crippen LogP contribution in [-0.4, -0.2) is 5.78 Å². The molecule has 1 heteroatoms. The first-order valence-corrected chi connectivity index (χ1v) is 5.43. The smallest absolute Gasteiger partial charge is 0.133 e. The molecule has 14 heavy (non-hydrogen) atoms. The van der Waals surface area contributed by atoms with Crippen LogP contribution >= 0.6 is 0 Å². The summed E-state index contributed by atoms with van der Waals surface area (Å²) >= 11 is 0. The fourth-order valence-electron chi connectivity index (χ4n) is 2.96. The van der Waals surface area contributed by atoms with E-state index in [4.69, 9.17) is 0 Å². The third kappa shape index (κ3) is 1.12. The molecule has 0 aromatic rings. The highest BCUT2D eigenvalue weighted by atomic mass is 16.1. The fourth-order valence-corrected chi connectivity index (χ4v) is 2.96. The maximum absolute atomic E-state index is 11.4. The molecule has 1 fully saturated rings. The lowest BCUT2D eigenvalue weighted by Crippen LogP contribution is -2.21. The van der Waals surface area contributed by atoms with Gasteiger partial charge in [-0.15, -0.1) is 0 Å². The summed E-state index contributed by atoms with van der Waals surface area (Å²) in [4.78, 5) is 11.4. The van der Waals surface area contributed by atoms with Crippen molar-refractivity contribution in [3.8, 4) is 0 Å². The molecule has 0 saturated heterocycles. The molecule has 2 atom stereocenters. The Hall–Kier alpha value is -1.11. The van der Waals surface area contributed by atoms with Gasteiger partial charge in [-0.2, -0.15) is 0 Å². The van der Waals surface area contributed by atoms with E-state index >= 15 is 0 Å². The Bertz CT molecular complexity index is 371. The van der Waals surface area contributed by atoms with E-state index in [9.17, 15) is 4.79 Å². The van der Waals surface area contributed by atoms with Crippen LogP contribution in [0.5, 0.6) is 0 Å². The predicted molar refractivity (Wildman–Crippen MR) is 55.8 cm³/mol. The minimum absolute atomic E-state index is 0.461. The molecular weight excluding hydrogens is 172 g/mol. The van der Waals surface area contributed by atoms with Gasteiger partial charge in [-0.3, -0.25) is 4.79 Å². The Morgan fingerprint density at radius 2 is 2.14 bits per heavy atom. The Balaban J connectivity index is 1.95. The molecule has 0 bridgehead atoms. The molecule has 72 valence electrons. The third-order valence-corrected chi connectivity index (χ3v) is 3.70. The number of hydrogen-bond acceptors (Lipinski definition) is 1. The second-order valence-corrected chi connectivity index (χ2v) is 4.51. The highest BCUT2D eigenvalue weighted by Crippen LogP contribution is 2.46. The maximum atomic E-state index is 11.4. The van der Waals surface area contributed by atoms with E-state index in [1.807, 2.05) is 0 Å². The molecule has 3 aliphatic rings. The van der Waals surface area contributed by atoms with Crippen molar-refractivity contribution < 1.29 is 4.79 Å². The van der Waals surface area contributed by atoms with Crippen LogP contribution in [-0.2, 0) is 4.79 Å². The lowest BCUT2D eigenvalue weighted by Gasteiger charge is -2.26. The standard InChI is InChI=1S/C13H14O/c14-11-6-5-10-7-9-3-1-2-4-12(9)13(10)8-11/h1-3,7,12-13H,4-6,8H2. The van der Waals surface area contributed by atoms with Gasteiger partial charge in [0.1, 0.15) is 5.78 Å². The minimum atomic E-state index is 0.461. The van der Waals surface area contributed by atoms with Crippen LogP contribution in [0.1, 0.15) is 25.7 Å². The Morgan fingerprint density at radius 1 is 1.21 bits per heavy atom. The van der Waals surface area contributed by atoms with Gasteiger partial charge in [0.05, 0.1) is 0 Å². The highest BCUT2D eigenvalue weighted by molar-refractivity contribution is 5.81. The molecule has 0 heterocycles. The number of hydrogen-bond donors (Lipinski definition) is 0. The molecule has 1 nitrogen and oxygen atoms in total. The molecule has 0 spiro atoms. The second kappa shape index (κ2) is 2.94. The SMILES string of the molecule is O=C1CCC2=CC3=CC=CCC3C2C1. The van der Waals surface area contributed by atoms with Gasteiger partial charge < -0.3 is 0 Å². The summed E-state index contributed by atoms with van der Waals surface area (Å²) in [6, 6.07) is 0. The van der Waals surface area contributed by atoms with Crippen LogP contribution in [0.25, 0.3) is 0 Å². The summed E-state index contributed by atoms with van der Waals surface area (Å²) in [5.74, 6) is 1.63. The number of carbonyl (C=O) groups is 1. The molecule has 0 N–H and O–H groups in total. The van der Waals surface area contributed by atoms with Crippen molar-refractivity contribution in [1.82, 2.24) is 0 Å². The summed E-state index contributed by atoms with van der Waals surface area (Å²) in [5.41, 5.74) is 2.99. The third-order valence-electron chi connectivity index (χ3n) is 3.70. The molecule has 0 aromatic heterocycles. The van der Waals surface area contributed by atoms with Crippen LogP contribution < -0.4 is 0 Å². The van der Waals surface area contributed by atoms with Crippen molar-refractivity contribution in [3.05, 3.63) is 35.5 Å². The lowest BCUT2D eigenvalue weighted by molar-refractivity contribution is -0.120. The van der Waals surface area contributed by atoms with Gasteiger partial charge in [-0.05, 0) is 30.3 Å². The molecule has 0 aliphatic heterocycles. The number of fused-ring (bicyclic) bond motifs is 3. The average molecular weight is 186 g/mol. The van der Waals surface area contributed by atoms with E-state index in [1.165, 1.54) is 11.1 Å². The Kier molecular flexibility index (Phi) is 1.73. The second-order valence-electron chi connectivity index (χ2n) is 4.51. The van der Waals surface area contributed by atoms with E-state index in [2.05, 4.69) is 24.3 Å². The van der Waals surface area contributed by atoms with Crippen LogP contribution in [0.4, 0.5) is 0 Å². The van der Waals surface area contributed by atoms with Crippen LogP contribution in [0.3, 0.4) is 0 Å². The van der Waals surface area contributed by atoms with Gasteiger partial charge in [-0.1, -0.05) is 29.9 Å². The molecule has 3 aliphatic carbocycles. The van der Waals surface area contributed by atoms with Gasteiger partial charge in [0.25, 0.3) is 0 Å². The van der Waals surface area contributed by atoms with Gasteiger partial charge >= 0.3 is 0 Å². The van der Waals surface area contributed by atoms with E-state index in [-0.39, 0.29) is 0 Å². The molecular formula is C13H14O. The number of carbonyl (C=O) groups excluding carboxylic acids is 1. The number of ketones is 1. The van der Waals surface area contributed by atoms with E-state index in [0.29, 0.717) is 17.6 Å². The van der Waals surface area contributed by atoms with Gasteiger partial charge in [0, 0.05) is 12.8 Å². The van der Waals surface area contributed by atoms with Crippen molar-refractivity contribution >= 4 is 5.78 Å². The first-order valence-electron chi connectivity index (χ1n) is 5.43. The predicted octanol–water partition coefficient (Wildman–Crippen LogP) is 2.80. The van der Waals surface area contributed by atoms with Gasteiger partial charge in [-0.25, -0.2) is 0 Å².